The minimum absolute atomic E-state index is 0.631. The first-order chi connectivity index (χ1) is 21.3. The first-order valence-corrected chi connectivity index (χ1v) is 14.4. The summed E-state index contributed by atoms with van der Waals surface area (Å²) in [6.07, 6.45) is -33.6. The molecular weight excluding hydrogens is 620 g/mol. The normalized spacial score (nSPS) is 52.9. The van der Waals surface area contributed by atoms with E-state index in [9.17, 15) is 66.4 Å². The van der Waals surface area contributed by atoms with Crippen molar-refractivity contribution in [2.75, 3.05) is 26.4 Å². The van der Waals surface area contributed by atoms with Crippen molar-refractivity contribution in [3.8, 4) is 0 Å². The lowest BCUT2D eigenvalue weighted by Gasteiger charge is -2.49. The molecule has 0 aromatic heterocycles. The standard InChI is InChI=1S/C25H44O20/c1-6-20(16(35)12(31)7(2-26)39-6)43-24-22(18(37)14(33)9(4-28)41-24)45-25-21(17(36)13(32)10(5-29)42-25)44-23-19(38)15(34)11(30)8(3-27)40-23/h6-38H,2-5H2,1H3. The Kier molecular flexibility index (Phi) is 12.8. The van der Waals surface area contributed by atoms with Crippen LogP contribution in [0.25, 0.3) is 0 Å². The molecule has 20 unspecified atom stereocenters. The van der Waals surface area contributed by atoms with Gasteiger partial charge in [-0.05, 0) is 6.92 Å². The molecule has 4 aliphatic rings. The average Bonchev–Trinajstić information content (AvgIpc) is 3.03. The monoisotopic (exact) mass is 664 g/mol. The van der Waals surface area contributed by atoms with Gasteiger partial charge in [0.05, 0.1) is 32.5 Å². The highest BCUT2D eigenvalue weighted by Crippen LogP contribution is 2.35. The van der Waals surface area contributed by atoms with Crippen LogP contribution in [0, 0.1) is 0 Å². The van der Waals surface area contributed by atoms with Gasteiger partial charge in [0, 0.05) is 0 Å². The molecule has 0 aromatic rings. The van der Waals surface area contributed by atoms with E-state index in [2.05, 4.69) is 0 Å². The van der Waals surface area contributed by atoms with Gasteiger partial charge in [-0.15, -0.1) is 0 Å². The second-order valence-electron chi connectivity index (χ2n) is 11.5. The second-order valence-corrected chi connectivity index (χ2v) is 11.5. The summed E-state index contributed by atoms with van der Waals surface area (Å²) in [4.78, 5) is 0. The molecule has 20 heteroatoms. The highest BCUT2D eigenvalue weighted by atomic mass is 16.8. The third kappa shape index (κ3) is 7.45. The highest BCUT2D eigenvalue weighted by Gasteiger charge is 2.55. The molecule has 264 valence electrons. The lowest BCUT2D eigenvalue weighted by atomic mass is 9.94. The topological polar surface area (TPSA) is 328 Å². The van der Waals surface area contributed by atoms with Crippen LogP contribution >= 0.6 is 0 Å². The van der Waals surface area contributed by atoms with Crippen LogP contribution in [0.2, 0.25) is 0 Å². The van der Waals surface area contributed by atoms with Crippen molar-refractivity contribution in [1.82, 2.24) is 0 Å². The van der Waals surface area contributed by atoms with E-state index in [-0.39, 0.29) is 0 Å². The molecule has 4 saturated heterocycles. The Labute approximate surface area is 256 Å². The molecule has 4 fully saturated rings. The minimum Gasteiger partial charge on any atom is -0.394 e. The molecule has 20 atom stereocenters. The van der Waals surface area contributed by atoms with Crippen molar-refractivity contribution in [2.24, 2.45) is 0 Å². The minimum atomic E-state index is -1.97. The number of hydrogen-bond donors (Lipinski definition) is 13. The number of hydrogen-bond acceptors (Lipinski definition) is 20. The van der Waals surface area contributed by atoms with Gasteiger partial charge in [0.2, 0.25) is 0 Å². The van der Waals surface area contributed by atoms with E-state index in [0.717, 1.165) is 0 Å². The Morgan fingerprint density at radius 1 is 0.378 bits per heavy atom. The van der Waals surface area contributed by atoms with Crippen LogP contribution in [0.4, 0.5) is 0 Å². The molecule has 4 rings (SSSR count). The molecule has 45 heavy (non-hydrogen) atoms. The van der Waals surface area contributed by atoms with Crippen molar-refractivity contribution in [1.29, 1.82) is 0 Å². The maximum Gasteiger partial charge on any atom is 0.187 e. The summed E-state index contributed by atoms with van der Waals surface area (Å²) in [6.45, 7) is -1.70. The summed E-state index contributed by atoms with van der Waals surface area (Å²) in [7, 11) is 0. The number of rotatable bonds is 10. The van der Waals surface area contributed by atoms with E-state index in [1.165, 1.54) is 6.92 Å². The Morgan fingerprint density at radius 3 is 1.11 bits per heavy atom. The predicted molar refractivity (Wildman–Crippen MR) is 137 cm³/mol. The molecular formula is C25H44O20. The van der Waals surface area contributed by atoms with Crippen LogP contribution in [-0.2, 0) is 33.2 Å². The van der Waals surface area contributed by atoms with Gasteiger partial charge in [-0.1, -0.05) is 0 Å². The van der Waals surface area contributed by atoms with Crippen LogP contribution < -0.4 is 0 Å². The van der Waals surface area contributed by atoms with E-state index in [0.29, 0.717) is 0 Å². The lowest BCUT2D eigenvalue weighted by Crippen LogP contribution is -2.68. The smallest absolute Gasteiger partial charge is 0.187 e. The summed E-state index contributed by atoms with van der Waals surface area (Å²) in [6, 6.07) is 0. The van der Waals surface area contributed by atoms with Crippen molar-refractivity contribution < 1.29 is 99.5 Å². The molecule has 0 amide bonds. The first-order valence-electron chi connectivity index (χ1n) is 14.4. The van der Waals surface area contributed by atoms with Gasteiger partial charge >= 0.3 is 0 Å². The van der Waals surface area contributed by atoms with Gasteiger partial charge in [-0.2, -0.15) is 0 Å². The van der Waals surface area contributed by atoms with Crippen molar-refractivity contribution in [2.45, 2.75) is 130 Å². The maximum atomic E-state index is 11.0. The first kappa shape index (κ1) is 37.0. The fourth-order valence-electron chi connectivity index (χ4n) is 5.73. The molecule has 0 bridgehead atoms. The van der Waals surface area contributed by atoms with Crippen molar-refractivity contribution >= 4 is 0 Å². The lowest BCUT2D eigenvalue weighted by molar-refractivity contribution is -0.400. The number of aliphatic hydroxyl groups is 13. The third-order valence-corrected chi connectivity index (χ3v) is 8.47. The molecule has 0 radical (unpaired) electrons. The Hall–Kier alpha value is -0.800. The van der Waals surface area contributed by atoms with Gasteiger partial charge in [0.1, 0.15) is 97.7 Å². The summed E-state index contributed by atoms with van der Waals surface area (Å²) >= 11 is 0. The summed E-state index contributed by atoms with van der Waals surface area (Å²) < 4.78 is 39.3. The predicted octanol–water partition coefficient (Wildman–Crippen LogP) is -8.68. The highest BCUT2D eigenvalue weighted by molar-refractivity contribution is 4.98. The molecule has 0 spiro atoms. The Morgan fingerprint density at radius 2 is 0.689 bits per heavy atom. The van der Waals surface area contributed by atoms with Gasteiger partial charge in [0.25, 0.3) is 0 Å². The molecule has 0 saturated carbocycles. The van der Waals surface area contributed by atoms with Crippen LogP contribution in [0.1, 0.15) is 6.92 Å². The Balaban J connectivity index is 1.61. The van der Waals surface area contributed by atoms with E-state index in [4.69, 9.17) is 33.2 Å². The zero-order valence-electron chi connectivity index (χ0n) is 24.0. The molecule has 20 nitrogen and oxygen atoms in total. The maximum absolute atomic E-state index is 11.0. The van der Waals surface area contributed by atoms with Gasteiger partial charge in [-0.25, -0.2) is 0 Å². The molecule has 13 N–H and O–H groups in total. The number of aliphatic hydroxyl groups excluding tert-OH is 13. The molecule has 4 heterocycles. The van der Waals surface area contributed by atoms with Crippen LogP contribution in [0.15, 0.2) is 0 Å². The zero-order chi connectivity index (χ0) is 33.3. The van der Waals surface area contributed by atoms with Crippen molar-refractivity contribution in [3.05, 3.63) is 0 Å². The van der Waals surface area contributed by atoms with E-state index in [1.54, 1.807) is 0 Å². The fourth-order valence-corrected chi connectivity index (χ4v) is 5.73. The zero-order valence-corrected chi connectivity index (χ0v) is 24.0. The van der Waals surface area contributed by atoms with Crippen LogP contribution in [-0.4, -0.2) is 215 Å². The van der Waals surface area contributed by atoms with Gasteiger partial charge in [0.15, 0.2) is 18.9 Å². The van der Waals surface area contributed by atoms with E-state index < -0.39 is 149 Å². The average molecular weight is 665 g/mol. The van der Waals surface area contributed by atoms with Crippen LogP contribution in [0.5, 0.6) is 0 Å². The number of ether oxygens (including phenoxy) is 7. The Bertz CT molecular complexity index is 916. The second kappa shape index (κ2) is 15.6. The van der Waals surface area contributed by atoms with Gasteiger partial charge in [-0.3, -0.25) is 0 Å². The summed E-state index contributed by atoms with van der Waals surface area (Å²) in [5.41, 5.74) is 0. The fraction of sp³-hybridized carbons (Fsp3) is 1.00. The third-order valence-electron chi connectivity index (χ3n) is 8.47. The van der Waals surface area contributed by atoms with Gasteiger partial charge < -0.3 is 99.5 Å². The van der Waals surface area contributed by atoms with E-state index >= 15 is 0 Å². The van der Waals surface area contributed by atoms with E-state index in [1.807, 2.05) is 0 Å². The summed E-state index contributed by atoms with van der Waals surface area (Å²) in [5, 5.41) is 133. The van der Waals surface area contributed by atoms with Crippen molar-refractivity contribution in [3.63, 3.8) is 0 Å². The largest absolute Gasteiger partial charge is 0.394 e. The summed E-state index contributed by atoms with van der Waals surface area (Å²) in [5.74, 6) is 0. The van der Waals surface area contributed by atoms with Crippen LogP contribution in [0.3, 0.4) is 0 Å². The molecule has 0 aromatic carbocycles. The SMILES string of the molecule is CC1OC(CO)C(O)C(O)C1OC1OC(CO)C(O)C(O)C1OC1OC(CO)C(O)C(O)C1OC1OC(CO)C(O)C(O)C1O. The molecule has 0 aliphatic carbocycles. The quantitative estimate of drug-likeness (QED) is 0.103. The molecule has 4 aliphatic heterocycles.